The van der Waals surface area contributed by atoms with Crippen LogP contribution in [0.1, 0.15) is 18.1 Å². The predicted molar refractivity (Wildman–Crippen MR) is 76.9 cm³/mol. The lowest BCUT2D eigenvalue weighted by Crippen LogP contribution is -2.49. The Morgan fingerprint density at radius 1 is 1.05 bits per heavy atom. The fourth-order valence-corrected chi connectivity index (χ4v) is 3.77. The van der Waals surface area contributed by atoms with Crippen molar-refractivity contribution in [2.75, 3.05) is 26.2 Å². The highest BCUT2D eigenvalue weighted by Crippen LogP contribution is 2.20. The predicted octanol–water partition coefficient (Wildman–Crippen LogP) is 1.16. The summed E-state index contributed by atoms with van der Waals surface area (Å²) in [5, 5.41) is 0. The van der Waals surface area contributed by atoms with Crippen LogP contribution in [0.25, 0.3) is 0 Å². The van der Waals surface area contributed by atoms with Crippen molar-refractivity contribution < 1.29 is 13.2 Å². The van der Waals surface area contributed by atoms with Crippen molar-refractivity contribution in [3.05, 3.63) is 29.3 Å². The summed E-state index contributed by atoms with van der Waals surface area (Å²) in [6.07, 6.45) is 0. The van der Waals surface area contributed by atoms with E-state index in [1.165, 1.54) is 11.2 Å². The lowest BCUT2D eigenvalue weighted by atomic mass is 10.1. The van der Waals surface area contributed by atoms with Crippen LogP contribution >= 0.6 is 0 Å². The molecule has 1 aromatic rings. The van der Waals surface area contributed by atoms with E-state index in [4.69, 9.17) is 0 Å². The van der Waals surface area contributed by atoms with Crippen molar-refractivity contribution in [3.8, 4) is 0 Å². The highest BCUT2D eigenvalue weighted by atomic mass is 32.2. The summed E-state index contributed by atoms with van der Waals surface area (Å²) in [5.41, 5.74) is 2.04. The van der Waals surface area contributed by atoms with Gasteiger partial charge in [0.15, 0.2) is 0 Å². The molecule has 110 valence electrons. The van der Waals surface area contributed by atoms with Crippen LogP contribution in [0.15, 0.2) is 23.1 Å². The zero-order chi connectivity index (χ0) is 14.9. The van der Waals surface area contributed by atoms with Gasteiger partial charge in [0.25, 0.3) is 0 Å². The maximum atomic E-state index is 12.5. The fourth-order valence-electron chi connectivity index (χ4n) is 2.27. The van der Waals surface area contributed by atoms with E-state index in [0.717, 1.165) is 11.1 Å². The minimum absolute atomic E-state index is 0.00627. The number of benzene rings is 1. The van der Waals surface area contributed by atoms with E-state index in [0.29, 0.717) is 31.1 Å². The molecule has 0 N–H and O–H groups in total. The van der Waals surface area contributed by atoms with E-state index in [1.807, 2.05) is 19.9 Å². The van der Waals surface area contributed by atoms with Gasteiger partial charge in [0.05, 0.1) is 4.90 Å². The number of rotatable bonds is 2. The lowest BCUT2D eigenvalue weighted by molar-refractivity contribution is -0.129. The van der Waals surface area contributed by atoms with Crippen LogP contribution in [0.3, 0.4) is 0 Å². The van der Waals surface area contributed by atoms with Crippen LogP contribution in [0, 0.1) is 13.8 Å². The summed E-state index contributed by atoms with van der Waals surface area (Å²) in [4.78, 5) is 13.3. The van der Waals surface area contributed by atoms with Crippen molar-refractivity contribution >= 4 is 15.9 Å². The first-order valence-corrected chi connectivity index (χ1v) is 8.09. The van der Waals surface area contributed by atoms with Gasteiger partial charge in [-0.1, -0.05) is 6.07 Å². The number of amides is 1. The average molecular weight is 296 g/mol. The monoisotopic (exact) mass is 296 g/mol. The molecular formula is C14H20N2O3S. The molecule has 0 aromatic heterocycles. The second-order valence-electron chi connectivity index (χ2n) is 5.16. The van der Waals surface area contributed by atoms with Crippen LogP contribution in [0.2, 0.25) is 0 Å². The zero-order valence-corrected chi connectivity index (χ0v) is 12.9. The Morgan fingerprint density at radius 3 is 2.15 bits per heavy atom. The molecule has 0 aliphatic carbocycles. The van der Waals surface area contributed by atoms with Crippen LogP contribution in [0.5, 0.6) is 0 Å². The maximum Gasteiger partial charge on any atom is 0.243 e. The molecule has 5 nitrogen and oxygen atoms in total. The number of carbonyl (C=O) groups is 1. The highest BCUT2D eigenvalue weighted by molar-refractivity contribution is 7.89. The quantitative estimate of drug-likeness (QED) is 0.823. The molecule has 20 heavy (non-hydrogen) atoms. The van der Waals surface area contributed by atoms with Crippen LogP contribution in [-0.2, 0) is 14.8 Å². The lowest BCUT2D eigenvalue weighted by Gasteiger charge is -2.33. The molecule has 0 bridgehead atoms. The van der Waals surface area contributed by atoms with Crippen molar-refractivity contribution in [2.24, 2.45) is 0 Å². The summed E-state index contributed by atoms with van der Waals surface area (Å²) in [6, 6.07) is 5.19. The summed E-state index contributed by atoms with van der Waals surface area (Å²) in [6.45, 7) is 7.00. The molecule has 0 atom stereocenters. The molecule has 1 aliphatic rings. The van der Waals surface area contributed by atoms with E-state index in [-0.39, 0.29) is 5.91 Å². The maximum absolute atomic E-state index is 12.5. The molecule has 1 saturated heterocycles. The summed E-state index contributed by atoms with van der Waals surface area (Å²) >= 11 is 0. The standard InChI is InChI=1S/C14H20N2O3S/c1-11-4-5-14(10-12(11)2)20(18,19)16-8-6-15(7-9-16)13(3)17/h4-5,10H,6-9H2,1-3H3. The molecule has 0 radical (unpaired) electrons. The van der Waals surface area contributed by atoms with E-state index in [2.05, 4.69) is 0 Å². The van der Waals surface area contributed by atoms with Crippen molar-refractivity contribution in [1.29, 1.82) is 0 Å². The third-order valence-corrected chi connectivity index (χ3v) is 5.69. The van der Waals surface area contributed by atoms with Gasteiger partial charge in [-0.05, 0) is 37.1 Å². The van der Waals surface area contributed by atoms with Gasteiger partial charge in [-0.3, -0.25) is 4.79 Å². The van der Waals surface area contributed by atoms with Crippen LogP contribution in [-0.4, -0.2) is 49.7 Å². The van der Waals surface area contributed by atoms with Gasteiger partial charge in [-0.2, -0.15) is 4.31 Å². The first-order valence-electron chi connectivity index (χ1n) is 6.65. The largest absolute Gasteiger partial charge is 0.340 e. The van der Waals surface area contributed by atoms with E-state index in [1.54, 1.807) is 17.0 Å². The SMILES string of the molecule is CC(=O)N1CCN(S(=O)(=O)c2ccc(C)c(C)c2)CC1. The summed E-state index contributed by atoms with van der Waals surface area (Å²) in [7, 11) is -3.46. The third-order valence-electron chi connectivity index (χ3n) is 3.80. The number of piperazine rings is 1. The minimum Gasteiger partial charge on any atom is -0.340 e. The van der Waals surface area contributed by atoms with Gasteiger partial charge in [0.2, 0.25) is 15.9 Å². The summed E-state index contributed by atoms with van der Waals surface area (Å²) < 4.78 is 26.6. The number of hydrogen-bond donors (Lipinski definition) is 0. The normalized spacial score (nSPS) is 17.2. The molecule has 0 spiro atoms. The highest BCUT2D eigenvalue weighted by Gasteiger charge is 2.29. The number of aryl methyl sites for hydroxylation is 2. The second kappa shape index (κ2) is 5.54. The van der Waals surface area contributed by atoms with Crippen molar-refractivity contribution in [1.82, 2.24) is 9.21 Å². The second-order valence-corrected chi connectivity index (χ2v) is 7.09. The zero-order valence-electron chi connectivity index (χ0n) is 12.1. The number of hydrogen-bond acceptors (Lipinski definition) is 3. The van der Waals surface area contributed by atoms with Gasteiger partial charge in [-0.25, -0.2) is 8.42 Å². The van der Waals surface area contributed by atoms with E-state index < -0.39 is 10.0 Å². The van der Waals surface area contributed by atoms with Crippen molar-refractivity contribution in [3.63, 3.8) is 0 Å². The Balaban J connectivity index is 2.19. The first-order chi connectivity index (χ1) is 9.32. The Hall–Kier alpha value is -1.40. The molecule has 1 heterocycles. The van der Waals surface area contributed by atoms with Gasteiger partial charge >= 0.3 is 0 Å². The van der Waals surface area contributed by atoms with E-state index in [9.17, 15) is 13.2 Å². The van der Waals surface area contributed by atoms with E-state index >= 15 is 0 Å². The molecule has 2 rings (SSSR count). The molecule has 0 unspecified atom stereocenters. The molecule has 1 amide bonds. The molecule has 1 fully saturated rings. The van der Waals surface area contributed by atoms with Crippen LogP contribution in [0.4, 0.5) is 0 Å². The van der Waals surface area contributed by atoms with Crippen molar-refractivity contribution in [2.45, 2.75) is 25.7 Å². The topological polar surface area (TPSA) is 57.7 Å². The fraction of sp³-hybridized carbons (Fsp3) is 0.500. The van der Waals surface area contributed by atoms with Gasteiger partial charge in [0.1, 0.15) is 0 Å². The first kappa shape index (κ1) is 15.0. The van der Waals surface area contributed by atoms with Gasteiger partial charge < -0.3 is 4.90 Å². The smallest absolute Gasteiger partial charge is 0.243 e. The molecule has 0 saturated carbocycles. The Labute approximate surface area is 120 Å². The van der Waals surface area contributed by atoms with Crippen LogP contribution < -0.4 is 0 Å². The van der Waals surface area contributed by atoms with Gasteiger partial charge in [0, 0.05) is 33.1 Å². The Kier molecular flexibility index (Phi) is 4.15. The number of sulfonamides is 1. The number of nitrogens with zero attached hydrogens (tertiary/aromatic N) is 2. The average Bonchev–Trinajstić information content (AvgIpc) is 2.41. The Bertz CT molecular complexity index is 617. The van der Waals surface area contributed by atoms with Gasteiger partial charge in [-0.15, -0.1) is 0 Å². The Morgan fingerprint density at radius 2 is 1.65 bits per heavy atom. The summed E-state index contributed by atoms with van der Waals surface area (Å²) in [5.74, 6) is -0.00627. The third kappa shape index (κ3) is 2.86. The molecular weight excluding hydrogens is 276 g/mol. The molecule has 6 heteroatoms. The minimum atomic E-state index is -3.46. The molecule has 1 aliphatic heterocycles. The number of carbonyl (C=O) groups excluding carboxylic acids is 1. The molecule has 1 aromatic carbocycles.